The van der Waals surface area contributed by atoms with Crippen LogP contribution in [0.5, 0.6) is 0 Å². The van der Waals surface area contributed by atoms with E-state index in [1.165, 1.54) is 0 Å². The number of aliphatic hydroxyl groups is 3. The van der Waals surface area contributed by atoms with Crippen molar-refractivity contribution in [2.45, 2.75) is 110 Å². The highest BCUT2D eigenvalue weighted by Gasteiger charge is 2.65. The summed E-state index contributed by atoms with van der Waals surface area (Å²) in [5.41, 5.74) is -0.185. The van der Waals surface area contributed by atoms with Crippen molar-refractivity contribution in [1.29, 1.82) is 0 Å². The quantitative estimate of drug-likeness (QED) is 0.129. The van der Waals surface area contributed by atoms with Crippen LogP contribution in [-0.4, -0.2) is 96.5 Å². The van der Waals surface area contributed by atoms with Crippen molar-refractivity contribution >= 4 is 16.0 Å². The van der Waals surface area contributed by atoms with Crippen LogP contribution >= 0.6 is 0 Å². The molecule has 5 N–H and O–H groups in total. The minimum absolute atomic E-state index is 0.0450. The molecule has 4 rings (SSSR count). The van der Waals surface area contributed by atoms with Gasteiger partial charge in [0, 0.05) is 25.8 Å². The lowest BCUT2D eigenvalue weighted by Gasteiger charge is -2.63. The summed E-state index contributed by atoms with van der Waals surface area (Å²) in [5.74, 6) is 1.52. The summed E-state index contributed by atoms with van der Waals surface area (Å²) in [6.45, 7) is 8.87. The lowest BCUT2D eigenvalue weighted by Crippen LogP contribution is -2.62. The molecule has 10 heteroatoms. The lowest BCUT2D eigenvalue weighted by atomic mass is 9.43. The van der Waals surface area contributed by atoms with Gasteiger partial charge in [0.05, 0.1) is 51.2 Å². The number of amides is 1. The Balaban J connectivity index is 1.27. The van der Waals surface area contributed by atoms with Crippen molar-refractivity contribution in [3.8, 4) is 0 Å². The van der Waals surface area contributed by atoms with Gasteiger partial charge >= 0.3 is 0 Å². The fourth-order valence-electron chi connectivity index (χ4n) is 10.3. The van der Waals surface area contributed by atoms with Crippen LogP contribution < -0.4 is 5.32 Å². The molecular weight excluding hydrogens is 556 g/mol. The van der Waals surface area contributed by atoms with Crippen molar-refractivity contribution in [2.75, 3.05) is 39.5 Å². The Bertz CT molecular complexity index is 1050. The summed E-state index contributed by atoms with van der Waals surface area (Å²) in [6.07, 6.45) is 7.47. The van der Waals surface area contributed by atoms with Gasteiger partial charge in [-0.25, -0.2) is 0 Å². The number of quaternary nitrogens is 1. The molecule has 42 heavy (non-hydrogen) atoms. The fraction of sp³-hybridized carbons (Fsp3) is 0.969. The molecule has 9 nitrogen and oxygen atoms in total. The van der Waals surface area contributed by atoms with Crippen LogP contribution in [0.2, 0.25) is 0 Å². The van der Waals surface area contributed by atoms with Crippen LogP contribution in [0.25, 0.3) is 0 Å². The molecule has 0 aromatic carbocycles. The van der Waals surface area contributed by atoms with E-state index in [1.807, 2.05) is 14.1 Å². The zero-order valence-electron chi connectivity index (χ0n) is 26.7. The second-order valence-electron chi connectivity index (χ2n) is 15.8. The average molecular weight is 616 g/mol. The standard InChI is InChI=1S/C32H58N2O7S/c1-21(8-11-29(38)33-14-6-15-34(4,5)16-7-17-42(39,40)41)24-9-10-25-30-26(20-28(37)32(24,25)3)31(2)13-12-23(35)18-22(31)19-27(30)36/h21-28,30,35-37H,6-20H2,1-5H3,(H-,33,38,39,40,41)/p+1/t21-,22+,23-,24+,25+,26+,27-,28+,30+,31+,32-/m1/s1. The van der Waals surface area contributed by atoms with Crippen LogP contribution in [-0.2, 0) is 14.9 Å². The normalized spacial score (nSPS) is 41.0. The van der Waals surface area contributed by atoms with Crippen LogP contribution in [0.15, 0.2) is 0 Å². The van der Waals surface area contributed by atoms with Crippen LogP contribution in [0.4, 0.5) is 0 Å². The molecule has 0 radical (unpaired) electrons. The molecule has 244 valence electrons. The molecule has 4 aliphatic carbocycles. The van der Waals surface area contributed by atoms with Gasteiger partial charge in [-0.2, -0.15) is 8.42 Å². The topological polar surface area (TPSA) is 144 Å². The number of carbonyl (C=O) groups excluding carboxylic acids is 1. The zero-order chi connectivity index (χ0) is 31.1. The fourth-order valence-corrected chi connectivity index (χ4v) is 10.8. The second kappa shape index (κ2) is 12.9. The van der Waals surface area contributed by atoms with Gasteiger partial charge in [0.1, 0.15) is 0 Å². The Kier molecular flexibility index (Phi) is 10.5. The minimum Gasteiger partial charge on any atom is -0.393 e. The van der Waals surface area contributed by atoms with Gasteiger partial charge in [0.2, 0.25) is 5.91 Å². The van der Waals surface area contributed by atoms with E-state index in [0.717, 1.165) is 64.3 Å². The molecule has 4 aliphatic rings. The van der Waals surface area contributed by atoms with E-state index in [1.54, 1.807) is 0 Å². The van der Waals surface area contributed by atoms with E-state index in [0.29, 0.717) is 48.2 Å². The SMILES string of the molecule is C[C@H](CCC(=O)NCCC[N+](C)(C)CCCS(=O)(=O)O)[C@@H]1CC[C@H]2[C@@H]3[C@H](O)C[C@@H]4C[C@H](O)CC[C@]4(C)[C@H]3C[C@H](O)[C@@]21C. The predicted octanol–water partition coefficient (Wildman–Crippen LogP) is 3.22. The molecule has 0 spiro atoms. The van der Waals surface area contributed by atoms with Gasteiger partial charge in [0.25, 0.3) is 10.1 Å². The molecule has 4 saturated carbocycles. The minimum atomic E-state index is -3.93. The Hall–Kier alpha value is -0.780. The summed E-state index contributed by atoms with van der Waals surface area (Å²) in [7, 11) is 0.114. The van der Waals surface area contributed by atoms with Crippen molar-refractivity contribution in [3.63, 3.8) is 0 Å². The Morgan fingerprint density at radius 2 is 1.69 bits per heavy atom. The van der Waals surface area contributed by atoms with Gasteiger partial charge in [0.15, 0.2) is 0 Å². The predicted molar refractivity (Wildman–Crippen MR) is 163 cm³/mol. The largest absolute Gasteiger partial charge is 0.393 e. The Morgan fingerprint density at radius 1 is 1.00 bits per heavy atom. The number of carbonyl (C=O) groups is 1. The van der Waals surface area contributed by atoms with Crippen LogP contribution in [0, 0.1) is 46.3 Å². The number of aliphatic hydroxyl groups excluding tert-OH is 3. The van der Waals surface area contributed by atoms with E-state index in [9.17, 15) is 28.5 Å². The number of rotatable bonds is 12. The van der Waals surface area contributed by atoms with E-state index >= 15 is 0 Å². The first-order valence-corrected chi connectivity index (χ1v) is 18.2. The summed E-state index contributed by atoms with van der Waals surface area (Å²) in [4.78, 5) is 12.7. The van der Waals surface area contributed by atoms with Crippen LogP contribution in [0.3, 0.4) is 0 Å². The molecule has 1 amide bonds. The summed E-state index contributed by atoms with van der Waals surface area (Å²) >= 11 is 0. The van der Waals surface area contributed by atoms with Crippen molar-refractivity contribution in [1.82, 2.24) is 5.32 Å². The highest BCUT2D eigenvalue weighted by Crippen LogP contribution is 2.68. The number of hydrogen-bond donors (Lipinski definition) is 5. The second-order valence-corrected chi connectivity index (χ2v) is 17.3. The van der Waals surface area contributed by atoms with Crippen molar-refractivity contribution in [3.05, 3.63) is 0 Å². The molecule has 0 aromatic heterocycles. The molecule has 0 heterocycles. The summed E-state index contributed by atoms with van der Waals surface area (Å²) in [6, 6.07) is 0. The Morgan fingerprint density at radius 3 is 2.38 bits per heavy atom. The first-order chi connectivity index (χ1) is 19.5. The monoisotopic (exact) mass is 615 g/mol. The molecule has 0 bridgehead atoms. The number of nitrogens with one attached hydrogen (secondary N) is 1. The van der Waals surface area contributed by atoms with Gasteiger partial charge in [-0.3, -0.25) is 9.35 Å². The molecular formula is C32H59N2O7S+. The number of fused-ring (bicyclic) bond motifs is 5. The van der Waals surface area contributed by atoms with Gasteiger partial charge in [-0.05, 0) is 97.7 Å². The highest BCUT2D eigenvalue weighted by atomic mass is 32.2. The third-order valence-corrected chi connectivity index (χ3v) is 13.6. The molecule has 11 atom stereocenters. The Labute approximate surface area is 254 Å². The molecule has 4 fully saturated rings. The maximum atomic E-state index is 12.7. The van der Waals surface area contributed by atoms with E-state index in [4.69, 9.17) is 4.55 Å². The zero-order valence-corrected chi connectivity index (χ0v) is 27.5. The lowest BCUT2D eigenvalue weighted by molar-refractivity contribution is -0.890. The van der Waals surface area contributed by atoms with Crippen molar-refractivity contribution < 1.29 is 37.6 Å². The van der Waals surface area contributed by atoms with Gasteiger partial charge in [-0.1, -0.05) is 20.8 Å². The maximum absolute atomic E-state index is 12.7. The first-order valence-electron chi connectivity index (χ1n) is 16.6. The van der Waals surface area contributed by atoms with Gasteiger partial charge < -0.3 is 25.1 Å². The number of nitrogens with zero attached hydrogens (tertiary/aromatic N) is 1. The maximum Gasteiger partial charge on any atom is 0.265 e. The first kappa shape index (κ1) is 34.1. The highest BCUT2D eigenvalue weighted by molar-refractivity contribution is 7.85. The molecule has 0 aliphatic heterocycles. The smallest absolute Gasteiger partial charge is 0.265 e. The van der Waals surface area contributed by atoms with Crippen molar-refractivity contribution in [2.24, 2.45) is 46.3 Å². The third-order valence-electron chi connectivity index (χ3n) is 12.8. The van der Waals surface area contributed by atoms with E-state index < -0.39 is 16.2 Å². The summed E-state index contributed by atoms with van der Waals surface area (Å²) in [5, 5.41) is 36.6. The molecule has 0 saturated heterocycles. The molecule has 0 unspecified atom stereocenters. The molecule has 0 aromatic rings. The summed E-state index contributed by atoms with van der Waals surface area (Å²) < 4.78 is 31.5. The third kappa shape index (κ3) is 7.20. The van der Waals surface area contributed by atoms with Crippen LogP contribution in [0.1, 0.15) is 91.4 Å². The van der Waals surface area contributed by atoms with E-state index in [2.05, 4.69) is 26.1 Å². The van der Waals surface area contributed by atoms with Gasteiger partial charge in [-0.15, -0.1) is 0 Å². The van der Waals surface area contributed by atoms with E-state index in [-0.39, 0.29) is 52.5 Å². The average Bonchev–Trinajstić information content (AvgIpc) is 3.24. The number of hydrogen-bond acceptors (Lipinski definition) is 6.